The van der Waals surface area contributed by atoms with Crippen LogP contribution in [-0.4, -0.2) is 24.6 Å². The molecule has 0 radical (unpaired) electrons. The van der Waals surface area contributed by atoms with Crippen LogP contribution in [0.2, 0.25) is 0 Å². The molecule has 0 saturated heterocycles. The van der Waals surface area contributed by atoms with E-state index in [9.17, 15) is 0 Å². The van der Waals surface area contributed by atoms with Crippen LogP contribution in [0.15, 0.2) is 35.3 Å². The van der Waals surface area contributed by atoms with Crippen molar-refractivity contribution in [1.29, 1.82) is 0 Å². The van der Waals surface area contributed by atoms with Gasteiger partial charge in [0.05, 0.1) is 0 Å². The van der Waals surface area contributed by atoms with Crippen molar-refractivity contribution in [3.63, 3.8) is 0 Å². The summed E-state index contributed by atoms with van der Waals surface area (Å²) in [5, 5.41) is 6.75. The Morgan fingerprint density at radius 3 is 2.48 bits per heavy atom. The van der Waals surface area contributed by atoms with Gasteiger partial charge in [0.15, 0.2) is 5.96 Å². The topological polar surface area (TPSA) is 36.4 Å². The van der Waals surface area contributed by atoms with Gasteiger partial charge < -0.3 is 10.6 Å². The summed E-state index contributed by atoms with van der Waals surface area (Å²) in [4.78, 5) is 4.73. The van der Waals surface area contributed by atoms with E-state index >= 15 is 0 Å². The van der Waals surface area contributed by atoms with Gasteiger partial charge in [0, 0.05) is 18.6 Å². The zero-order chi connectivity index (χ0) is 14.6. The zero-order valence-electron chi connectivity index (χ0n) is 13.5. The van der Waals surface area contributed by atoms with Crippen LogP contribution in [0, 0.1) is 5.92 Å². The second-order valence-corrected chi connectivity index (χ2v) is 6.61. The highest BCUT2D eigenvalue weighted by Gasteiger charge is 2.37. The number of rotatable bonds is 4. The van der Waals surface area contributed by atoms with Crippen molar-refractivity contribution in [2.24, 2.45) is 10.9 Å². The van der Waals surface area contributed by atoms with Gasteiger partial charge in [0.25, 0.3) is 0 Å². The first-order valence-electron chi connectivity index (χ1n) is 7.61. The van der Waals surface area contributed by atoms with E-state index in [1.54, 1.807) is 0 Å². The third-order valence-electron chi connectivity index (χ3n) is 3.47. The number of aliphatic imine (C=N–C) groups is 1. The van der Waals surface area contributed by atoms with Gasteiger partial charge in [0.1, 0.15) is 0 Å². The highest BCUT2D eigenvalue weighted by atomic mass is 127. The van der Waals surface area contributed by atoms with Crippen LogP contribution in [0.5, 0.6) is 0 Å². The lowest BCUT2D eigenvalue weighted by Gasteiger charge is -2.23. The molecular weight excluding hydrogens is 373 g/mol. The maximum absolute atomic E-state index is 4.73. The maximum Gasteiger partial charge on any atom is 0.191 e. The minimum Gasteiger partial charge on any atom is -0.357 e. The van der Waals surface area contributed by atoms with Crippen LogP contribution in [0.25, 0.3) is 0 Å². The van der Waals surface area contributed by atoms with E-state index in [2.05, 4.69) is 68.7 Å². The van der Waals surface area contributed by atoms with Crippen molar-refractivity contribution in [2.45, 2.75) is 45.6 Å². The Hall–Kier alpha value is -0.780. The minimum absolute atomic E-state index is 0. The fourth-order valence-electron chi connectivity index (χ4n) is 2.43. The van der Waals surface area contributed by atoms with Gasteiger partial charge in [0.2, 0.25) is 0 Å². The van der Waals surface area contributed by atoms with Crippen LogP contribution >= 0.6 is 24.0 Å². The number of hydrogen-bond donors (Lipinski definition) is 2. The monoisotopic (exact) mass is 401 g/mol. The van der Waals surface area contributed by atoms with Crippen molar-refractivity contribution in [3.05, 3.63) is 35.9 Å². The molecule has 3 nitrogen and oxygen atoms in total. The summed E-state index contributed by atoms with van der Waals surface area (Å²) in [7, 11) is 0. The molecule has 1 aliphatic rings. The zero-order valence-corrected chi connectivity index (χ0v) is 15.8. The molecule has 118 valence electrons. The molecular formula is C17H28IN3. The van der Waals surface area contributed by atoms with Crippen molar-refractivity contribution in [1.82, 2.24) is 10.6 Å². The van der Waals surface area contributed by atoms with Crippen LogP contribution < -0.4 is 10.6 Å². The molecule has 2 unspecified atom stereocenters. The second kappa shape index (κ2) is 8.01. The van der Waals surface area contributed by atoms with Gasteiger partial charge in [-0.25, -0.2) is 0 Å². The molecule has 0 aromatic heterocycles. The van der Waals surface area contributed by atoms with E-state index in [1.165, 1.54) is 12.0 Å². The fraction of sp³-hybridized carbons (Fsp3) is 0.588. The molecule has 2 N–H and O–H groups in total. The molecule has 21 heavy (non-hydrogen) atoms. The van der Waals surface area contributed by atoms with E-state index in [0.717, 1.165) is 19.0 Å². The number of hydrogen-bond acceptors (Lipinski definition) is 1. The van der Waals surface area contributed by atoms with Gasteiger partial charge in [-0.05, 0) is 51.5 Å². The van der Waals surface area contributed by atoms with Crippen molar-refractivity contribution >= 4 is 29.9 Å². The average molecular weight is 401 g/mol. The minimum atomic E-state index is 0. The number of nitrogens with one attached hydrogen (secondary N) is 2. The summed E-state index contributed by atoms with van der Waals surface area (Å²) >= 11 is 0. The van der Waals surface area contributed by atoms with E-state index in [1.807, 2.05) is 0 Å². The summed E-state index contributed by atoms with van der Waals surface area (Å²) in [6, 6.07) is 10.8. The first-order chi connectivity index (χ1) is 9.49. The molecule has 4 heteroatoms. The largest absolute Gasteiger partial charge is 0.357 e. The predicted octanol–water partition coefficient (Wildman–Crippen LogP) is 3.76. The molecule has 2 rings (SSSR count). The molecule has 1 saturated carbocycles. The molecule has 0 heterocycles. The third kappa shape index (κ3) is 6.24. The number of halogens is 1. The fourth-order valence-corrected chi connectivity index (χ4v) is 2.43. The van der Waals surface area contributed by atoms with Crippen LogP contribution in [0.3, 0.4) is 0 Å². The molecule has 1 fully saturated rings. The first-order valence-corrected chi connectivity index (χ1v) is 7.61. The van der Waals surface area contributed by atoms with Gasteiger partial charge in [-0.15, -0.1) is 24.0 Å². The lowest BCUT2D eigenvalue weighted by Crippen LogP contribution is -2.47. The van der Waals surface area contributed by atoms with Crippen LogP contribution in [0.4, 0.5) is 0 Å². The number of guanidine groups is 1. The second-order valence-electron chi connectivity index (χ2n) is 6.61. The summed E-state index contributed by atoms with van der Waals surface area (Å²) in [5.41, 5.74) is 1.50. The van der Waals surface area contributed by atoms with Crippen LogP contribution in [-0.2, 0) is 0 Å². The Morgan fingerprint density at radius 1 is 1.24 bits per heavy atom. The summed E-state index contributed by atoms with van der Waals surface area (Å²) in [6.45, 7) is 10.4. The van der Waals surface area contributed by atoms with Gasteiger partial charge in [-0.3, -0.25) is 4.99 Å². The first kappa shape index (κ1) is 18.3. The lowest BCUT2D eigenvalue weighted by atomic mass is 10.1. The summed E-state index contributed by atoms with van der Waals surface area (Å²) < 4.78 is 0. The maximum atomic E-state index is 4.73. The normalized spacial score (nSPS) is 21.4. The van der Waals surface area contributed by atoms with Gasteiger partial charge >= 0.3 is 0 Å². The smallest absolute Gasteiger partial charge is 0.191 e. The average Bonchev–Trinajstić information content (AvgIpc) is 3.15. The SMILES string of the molecule is CCNC(=NCC1CC1c1ccccc1)NC(C)(C)C.I. The Morgan fingerprint density at radius 2 is 1.90 bits per heavy atom. The highest BCUT2D eigenvalue weighted by molar-refractivity contribution is 14.0. The van der Waals surface area contributed by atoms with Crippen molar-refractivity contribution in [3.8, 4) is 0 Å². The molecule has 1 aromatic carbocycles. The van der Waals surface area contributed by atoms with Gasteiger partial charge in [-0.1, -0.05) is 30.3 Å². The van der Waals surface area contributed by atoms with Crippen LogP contribution in [0.1, 0.15) is 45.6 Å². The Labute approximate surface area is 146 Å². The third-order valence-corrected chi connectivity index (χ3v) is 3.47. The molecule has 0 spiro atoms. The summed E-state index contributed by atoms with van der Waals surface area (Å²) in [5.74, 6) is 2.34. The Kier molecular flexibility index (Phi) is 6.97. The molecule has 1 aromatic rings. The standard InChI is InChI=1S/C17H27N3.HI/c1-5-18-16(20-17(2,3)4)19-12-14-11-15(14)13-9-7-6-8-10-13;/h6-10,14-15H,5,11-12H2,1-4H3,(H2,18,19,20);1H. The van der Waals surface area contributed by atoms with Crippen molar-refractivity contribution in [2.75, 3.05) is 13.1 Å². The molecule has 0 aliphatic heterocycles. The molecule has 0 bridgehead atoms. The van der Waals surface area contributed by atoms with E-state index < -0.39 is 0 Å². The van der Waals surface area contributed by atoms with E-state index in [4.69, 9.17) is 4.99 Å². The van der Waals surface area contributed by atoms with E-state index in [0.29, 0.717) is 11.8 Å². The molecule has 2 atom stereocenters. The number of nitrogens with zero attached hydrogens (tertiary/aromatic N) is 1. The van der Waals surface area contributed by atoms with E-state index in [-0.39, 0.29) is 29.5 Å². The predicted molar refractivity (Wildman–Crippen MR) is 102 cm³/mol. The molecule has 0 amide bonds. The lowest BCUT2D eigenvalue weighted by molar-refractivity contribution is 0.501. The summed E-state index contributed by atoms with van der Waals surface area (Å²) in [6.07, 6.45) is 1.27. The quantitative estimate of drug-likeness (QED) is 0.458. The molecule has 1 aliphatic carbocycles. The number of benzene rings is 1. The van der Waals surface area contributed by atoms with Crippen molar-refractivity contribution < 1.29 is 0 Å². The highest BCUT2D eigenvalue weighted by Crippen LogP contribution is 2.47. The Balaban J connectivity index is 0.00000220. The van der Waals surface area contributed by atoms with Gasteiger partial charge in [-0.2, -0.15) is 0 Å². The Bertz CT molecular complexity index is 451.